The van der Waals surface area contributed by atoms with E-state index >= 15 is 0 Å². The lowest BCUT2D eigenvalue weighted by atomic mass is 9.77. The molecule has 0 nitrogen and oxygen atoms in total. The van der Waals surface area contributed by atoms with E-state index < -0.39 is 0 Å². The number of hydrogen-bond acceptors (Lipinski definition) is 0. The summed E-state index contributed by atoms with van der Waals surface area (Å²) in [4.78, 5) is 0. The summed E-state index contributed by atoms with van der Waals surface area (Å²) in [6, 6.07) is 27.5. The normalized spacial score (nSPS) is 18.6. The second-order valence-corrected chi connectivity index (χ2v) is 9.83. The fourth-order valence-electron chi connectivity index (χ4n) is 5.55. The van der Waals surface area contributed by atoms with Gasteiger partial charge >= 0.3 is 0 Å². The Kier molecular flexibility index (Phi) is 8.21. The standard InChI is InChI=1S/C32H40/c1-3-5-7-11-25-14-17-27(18-15-25)28-19-21-30(22-20-28)32-24-26(10-4-2)16-23-31(32)29-12-8-6-9-13-29/h6,8-9,12-13,16,19-25,27H,3-5,7,10-11,14-15,17-18H2,1-2H3. The monoisotopic (exact) mass is 424 g/mol. The van der Waals surface area contributed by atoms with E-state index in [1.165, 1.54) is 85.6 Å². The quantitative estimate of drug-likeness (QED) is 0.300. The number of benzene rings is 3. The minimum absolute atomic E-state index is 0.756. The molecule has 0 heteroatoms. The maximum absolute atomic E-state index is 2.42. The first-order chi connectivity index (χ1) is 15.8. The molecule has 32 heavy (non-hydrogen) atoms. The van der Waals surface area contributed by atoms with Crippen LogP contribution in [0.25, 0.3) is 22.3 Å². The van der Waals surface area contributed by atoms with Gasteiger partial charge in [0.15, 0.2) is 0 Å². The predicted octanol–water partition coefficient (Wildman–Crippen LogP) is 9.83. The van der Waals surface area contributed by atoms with Crippen LogP contribution in [0.3, 0.4) is 0 Å². The van der Waals surface area contributed by atoms with Gasteiger partial charge in [0.2, 0.25) is 0 Å². The molecule has 0 bridgehead atoms. The molecular formula is C32H40. The zero-order valence-electron chi connectivity index (χ0n) is 20.2. The van der Waals surface area contributed by atoms with Crippen LogP contribution < -0.4 is 0 Å². The summed E-state index contributed by atoms with van der Waals surface area (Å²) in [5.41, 5.74) is 8.34. The molecule has 0 aromatic heterocycles. The van der Waals surface area contributed by atoms with Crippen LogP contribution in [-0.4, -0.2) is 0 Å². The largest absolute Gasteiger partial charge is 0.0654 e. The smallest absolute Gasteiger partial charge is 0.0103 e. The minimum Gasteiger partial charge on any atom is -0.0654 e. The summed E-state index contributed by atoms with van der Waals surface area (Å²) in [5, 5.41) is 0. The lowest BCUT2D eigenvalue weighted by Crippen LogP contribution is -2.13. The van der Waals surface area contributed by atoms with Crippen LogP contribution in [0, 0.1) is 5.92 Å². The van der Waals surface area contributed by atoms with E-state index in [-0.39, 0.29) is 0 Å². The average molecular weight is 425 g/mol. The molecule has 0 amide bonds. The van der Waals surface area contributed by atoms with Crippen molar-refractivity contribution in [1.82, 2.24) is 0 Å². The highest BCUT2D eigenvalue weighted by molar-refractivity contribution is 5.84. The first kappa shape index (κ1) is 22.8. The fraction of sp³-hybridized carbons (Fsp3) is 0.438. The molecule has 0 heterocycles. The summed E-state index contributed by atoms with van der Waals surface area (Å²) in [6.07, 6.45) is 13.6. The Morgan fingerprint density at radius 3 is 2.06 bits per heavy atom. The molecule has 1 aliphatic carbocycles. The van der Waals surface area contributed by atoms with Crippen molar-refractivity contribution < 1.29 is 0 Å². The summed E-state index contributed by atoms with van der Waals surface area (Å²) < 4.78 is 0. The van der Waals surface area contributed by atoms with Crippen LogP contribution in [0.5, 0.6) is 0 Å². The summed E-state index contributed by atoms with van der Waals surface area (Å²) in [6.45, 7) is 4.57. The van der Waals surface area contributed by atoms with E-state index in [0.29, 0.717) is 0 Å². The first-order valence-corrected chi connectivity index (χ1v) is 13.1. The molecule has 3 aromatic rings. The average Bonchev–Trinajstić information content (AvgIpc) is 2.85. The van der Waals surface area contributed by atoms with Crippen LogP contribution >= 0.6 is 0 Å². The van der Waals surface area contributed by atoms with E-state index in [2.05, 4.69) is 86.6 Å². The van der Waals surface area contributed by atoms with Gasteiger partial charge in [-0.2, -0.15) is 0 Å². The molecule has 0 N–H and O–H groups in total. The third-order valence-electron chi connectivity index (χ3n) is 7.46. The van der Waals surface area contributed by atoms with Gasteiger partial charge in [0, 0.05) is 0 Å². The highest BCUT2D eigenvalue weighted by Crippen LogP contribution is 2.39. The Hall–Kier alpha value is -2.34. The molecule has 0 saturated heterocycles. The predicted molar refractivity (Wildman–Crippen MR) is 140 cm³/mol. The van der Waals surface area contributed by atoms with Crippen LogP contribution in [0.4, 0.5) is 0 Å². The Labute approximate surface area is 196 Å². The van der Waals surface area contributed by atoms with Crippen LogP contribution in [-0.2, 0) is 6.42 Å². The van der Waals surface area contributed by atoms with Gasteiger partial charge in [-0.15, -0.1) is 0 Å². The molecule has 0 radical (unpaired) electrons. The highest BCUT2D eigenvalue weighted by Gasteiger charge is 2.22. The molecule has 4 rings (SSSR count). The Morgan fingerprint density at radius 2 is 1.38 bits per heavy atom. The molecule has 1 saturated carbocycles. The molecule has 168 valence electrons. The van der Waals surface area contributed by atoms with E-state index in [9.17, 15) is 0 Å². The van der Waals surface area contributed by atoms with Crippen LogP contribution in [0.1, 0.15) is 88.7 Å². The maximum atomic E-state index is 2.42. The highest BCUT2D eigenvalue weighted by atomic mass is 14.3. The molecule has 0 atom stereocenters. The maximum Gasteiger partial charge on any atom is -0.0103 e. The first-order valence-electron chi connectivity index (χ1n) is 13.1. The van der Waals surface area contributed by atoms with Crippen molar-refractivity contribution in [1.29, 1.82) is 0 Å². The minimum atomic E-state index is 0.756. The second-order valence-electron chi connectivity index (χ2n) is 9.83. The van der Waals surface area contributed by atoms with Gasteiger partial charge in [-0.3, -0.25) is 0 Å². The Balaban J connectivity index is 1.51. The lowest BCUT2D eigenvalue weighted by molar-refractivity contribution is 0.303. The summed E-state index contributed by atoms with van der Waals surface area (Å²) in [7, 11) is 0. The lowest BCUT2D eigenvalue weighted by Gasteiger charge is -2.29. The number of rotatable bonds is 9. The van der Waals surface area contributed by atoms with Crippen molar-refractivity contribution in [2.45, 2.75) is 84.0 Å². The molecule has 3 aromatic carbocycles. The van der Waals surface area contributed by atoms with Gasteiger partial charge in [-0.1, -0.05) is 119 Å². The van der Waals surface area contributed by atoms with Crippen molar-refractivity contribution >= 4 is 0 Å². The van der Waals surface area contributed by atoms with Gasteiger partial charge in [0.05, 0.1) is 0 Å². The van der Waals surface area contributed by atoms with Gasteiger partial charge < -0.3 is 0 Å². The fourth-order valence-corrected chi connectivity index (χ4v) is 5.55. The van der Waals surface area contributed by atoms with Gasteiger partial charge in [-0.05, 0) is 77.3 Å². The van der Waals surface area contributed by atoms with Crippen LogP contribution in [0.15, 0.2) is 72.8 Å². The number of hydrogen-bond donors (Lipinski definition) is 0. The molecular weight excluding hydrogens is 384 g/mol. The van der Waals surface area contributed by atoms with Crippen LogP contribution in [0.2, 0.25) is 0 Å². The molecule has 1 aliphatic rings. The third kappa shape index (κ3) is 5.71. The molecule has 0 aliphatic heterocycles. The van der Waals surface area contributed by atoms with Crippen molar-refractivity contribution in [3.8, 4) is 22.3 Å². The van der Waals surface area contributed by atoms with Crippen molar-refractivity contribution in [3.63, 3.8) is 0 Å². The Morgan fingerprint density at radius 1 is 0.656 bits per heavy atom. The molecule has 1 fully saturated rings. The van der Waals surface area contributed by atoms with E-state index in [4.69, 9.17) is 0 Å². The zero-order valence-corrected chi connectivity index (χ0v) is 20.2. The molecule has 0 spiro atoms. The van der Waals surface area contributed by atoms with Gasteiger partial charge in [-0.25, -0.2) is 0 Å². The Bertz CT molecular complexity index is 943. The van der Waals surface area contributed by atoms with E-state index in [1.807, 2.05) is 0 Å². The summed E-state index contributed by atoms with van der Waals surface area (Å²) >= 11 is 0. The van der Waals surface area contributed by atoms with Crippen molar-refractivity contribution in [3.05, 3.63) is 83.9 Å². The third-order valence-corrected chi connectivity index (χ3v) is 7.46. The SMILES string of the molecule is CCCCCC1CCC(c2ccc(-c3cc(CCC)ccc3-c3ccccc3)cc2)CC1. The second kappa shape index (κ2) is 11.5. The van der Waals surface area contributed by atoms with Gasteiger partial charge in [0.25, 0.3) is 0 Å². The number of unbranched alkanes of at least 4 members (excludes halogenated alkanes) is 2. The van der Waals surface area contributed by atoms with Crippen molar-refractivity contribution in [2.24, 2.45) is 5.92 Å². The zero-order chi connectivity index (χ0) is 22.2. The van der Waals surface area contributed by atoms with E-state index in [1.54, 1.807) is 5.56 Å². The van der Waals surface area contributed by atoms with E-state index in [0.717, 1.165) is 18.3 Å². The topological polar surface area (TPSA) is 0 Å². The number of aryl methyl sites for hydroxylation is 1. The summed E-state index contributed by atoms with van der Waals surface area (Å²) in [5.74, 6) is 1.73. The van der Waals surface area contributed by atoms with Crippen molar-refractivity contribution in [2.75, 3.05) is 0 Å². The molecule has 0 unspecified atom stereocenters. The van der Waals surface area contributed by atoms with Gasteiger partial charge in [0.1, 0.15) is 0 Å².